The van der Waals surface area contributed by atoms with E-state index in [4.69, 9.17) is 16.0 Å². The molecule has 0 spiro atoms. The van der Waals surface area contributed by atoms with Crippen molar-refractivity contribution in [1.82, 2.24) is 4.98 Å². The second-order valence-electron chi connectivity index (χ2n) is 4.30. The molecule has 1 aromatic heterocycles. The molecule has 0 amide bonds. The van der Waals surface area contributed by atoms with Crippen LogP contribution in [-0.4, -0.2) is 4.98 Å². The van der Waals surface area contributed by atoms with Gasteiger partial charge in [-0.3, -0.25) is 4.98 Å². The standard InChI is InChI=1S/C14H8Br2ClNO2/c15-8-2-3-10(16)9(6-8)13(17)7-1-4-11-12(5-7)20-14(19)18-11/h1-6,13H,(H,18,19). The average Bonchev–Trinajstić information content (AvgIpc) is 2.79. The first kappa shape index (κ1) is 13.9. The highest BCUT2D eigenvalue weighted by Crippen LogP contribution is 2.36. The van der Waals surface area contributed by atoms with E-state index in [2.05, 4.69) is 36.8 Å². The Labute approximate surface area is 136 Å². The van der Waals surface area contributed by atoms with Gasteiger partial charge in [0.05, 0.1) is 10.9 Å². The smallest absolute Gasteiger partial charge is 0.408 e. The molecule has 1 atom stereocenters. The lowest BCUT2D eigenvalue weighted by Crippen LogP contribution is -1.94. The van der Waals surface area contributed by atoms with E-state index in [9.17, 15) is 4.79 Å². The average molecular weight is 417 g/mol. The maximum atomic E-state index is 11.2. The Morgan fingerprint density at radius 1 is 1.15 bits per heavy atom. The van der Waals surface area contributed by atoms with Crippen LogP contribution in [0.25, 0.3) is 11.1 Å². The van der Waals surface area contributed by atoms with Crippen LogP contribution < -0.4 is 5.76 Å². The Balaban J connectivity index is 2.09. The number of nitrogens with one attached hydrogen (secondary N) is 1. The van der Waals surface area contributed by atoms with Gasteiger partial charge in [0.15, 0.2) is 5.58 Å². The van der Waals surface area contributed by atoms with E-state index < -0.39 is 5.76 Å². The molecule has 20 heavy (non-hydrogen) atoms. The van der Waals surface area contributed by atoms with Gasteiger partial charge in [0.2, 0.25) is 0 Å². The Morgan fingerprint density at radius 2 is 1.95 bits per heavy atom. The van der Waals surface area contributed by atoms with E-state index in [1.54, 1.807) is 12.1 Å². The van der Waals surface area contributed by atoms with E-state index in [0.717, 1.165) is 20.1 Å². The molecule has 0 saturated heterocycles. The monoisotopic (exact) mass is 415 g/mol. The number of oxazole rings is 1. The number of alkyl halides is 1. The van der Waals surface area contributed by atoms with Crippen molar-refractivity contribution in [3.05, 3.63) is 67.0 Å². The summed E-state index contributed by atoms with van der Waals surface area (Å²) in [4.78, 5) is 13.8. The van der Waals surface area contributed by atoms with Crippen LogP contribution in [0, 0.1) is 0 Å². The molecule has 1 heterocycles. The predicted molar refractivity (Wildman–Crippen MR) is 86.4 cm³/mol. The molecule has 0 saturated carbocycles. The maximum absolute atomic E-state index is 11.2. The summed E-state index contributed by atoms with van der Waals surface area (Å²) in [6.45, 7) is 0. The number of benzene rings is 2. The van der Waals surface area contributed by atoms with Crippen molar-refractivity contribution in [2.24, 2.45) is 0 Å². The molecular weight excluding hydrogens is 409 g/mol. The Bertz CT molecular complexity index is 841. The van der Waals surface area contributed by atoms with Crippen LogP contribution in [0.15, 0.2) is 54.6 Å². The van der Waals surface area contributed by atoms with Gasteiger partial charge in [-0.1, -0.05) is 37.9 Å². The van der Waals surface area contributed by atoms with Gasteiger partial charge in [-0.25, -0.2) is 4.79 Å². The third kappa shape index (κ3) is 2.57. The highest BCUT2D eigenvalue weighted by molar-refractivity contribution is 9.11. The quantitative estimate of drug-likeness (QED) is 0.598. The first-order valence-corrected chi connectivity index (χ1v) is 7.78. The molecule has 3 nitrogen and oxygen atoms in total. The Morgan fingerprint density at radius 3 is 2.75 bits per heavy atom. The molecule has 0 fully saturated rings. The molecule has 0 aliphatic rings. The fourth-order valence-electron chi connectivity index (χ4n) is 2.01. The summed E-state index contributed by atoms with van der Waals surface area (Å²) in [6.07, 6.45) is 0. The zero-order chi connectivity index (χ0) is 14.3. The summed E-state index contributed by atoms with van der Waals surface area (Å²) in [5, 5.41) is -0.341. The minimum atomic E-state index is -0.466. The van der Waals surface area contributed by atoms with Gasteiger partial charge in [-0.05, 0) is 41.5 Å². The van der Waals surface area contributed by atoms with Gasteiger partial charge in [0.25, 0.3) is 0 Å². The van der Waals surface area contributed by atoms with Crippen LogP contribution >= 0.6 is 43.5 Å². The molecule has 3 rings (SSSR count). The van der Waals surface area contributed by atoms with Crippen LogP contribution in [0.5, 0.6) is 0 Å². The van der Waals surface area contributed by atoms with E-state index in [-0.39, 0.29) is 5.38 Å². The number of hydrogen-bond acceptors (Lipinski definition) is 2. The van der Waals surface area contributed by atoms with Crippen LogP contribution in [0.4, 0.5) is 0 Å². The molecular formula is C14H8Br2ClNO2. The van der Waals surface area contributed by atoms with Gasteiger partial charge < -0.3 is 4.42 Å². The van der Waals surface area contributed by atoms with Gasteiger partial charge in [0.1, 0.15) is 0 Å². The molecule has 0 radical (unpaired) electrons. The molecule has 2 aromatic carbocycles. The summed E-state index contributed by atoms with van der Waals surface area (Å²) in [6, 6.07) is 11.3. The number of rotatable bonds is 2. The molecule has 0 aliphatic carbocycles. The minimum Gasteiger partial charge on any atom is -0.408 e. The van der Waals surface area contributed by atoms with Crippen molar-refractivity contribution in [3.8, 4) is 0 Å². The normalized spacial score (nSPS) is 12.8. The van der Waals surface area contributed by atoms with Gasteiger partial charge in [-0.2, -0.15) is 0 Å². The SMILES string of the molecule is O=c1[nH]c2ccc(C(Cl)c3cc(Br)ccc3Br)cc2o1. The van der Waals surface area contributed by atoms with Gasteiger partial charge in [-0.15, -0.1) is 11.6 Å². The van der Waals surface area contributed by atoms with Crippen molar-refractivity contribution in [2.45, 2.75) is 5.38 Å². The Hall–Kier alpha value is -1.04. The number of aromatic amines is 1. The lowest BCUT2D eigenvalue weighted by atomic mass is 10.0. The third-order valence-electron chi connectivity index (χ3n) is 2.97. The molecule has 6 heteroatoms. The van der Waals surface area contributed by atoms with E-state index in [0.29, 0.717) is 11.1 Å². The second-order valence-corrected chi connectivity index (χ2v) is 6.50. The fourth-order valence-corrected chi connectivity index (χ4v) is 3.31. The number of halogens is 3. The first-order chi connectivity index (χ1) is 9.54. The molecule has 0 bridgehead atoms. The van der Waals surface area contributed by atoms with E-state index in [1.165, 1.54) is 0 Å². The van der Waals surface area contributed by atoms with Gasteiger partial charge >= 0.3 is 5.76 Å². The van der Waals surface area contributed by atoms with Crippen molar-refractivity contribution in [3.63, 3.8) is 0 Å². The van der Waals surface area contributed by atoms with E-state index >= 15 is 0 Å². The van der Waals surface area contributed by atoms with Crippen molar-refractivity contribution in [1.29, 1.82) is 0 Å². The summed E-state index contributed by atoms with van der Waals surface area (Å²) >= 11 is 13.5. The number of fused-ring (bicyclic) bond motifs is 1. The minimum absolute atomic E-state index is 0.341. The highest BCUT2D eigenvalue weighted by atomic mass is 79.9. The predicted octanol–water partition coefficient (Wildman–Crippen LogP) is 4.97. The molecule has 1 N–H and O–H groups in total. The number of aromatic nitrogens is 1. The number of hydrogen-bond donors (Lipinski definition) is 1. The van der Waals surface area contributed by atoms with Crippen LogP contribution in [0.3, 0.4) is 0 Å². The number of H-pyrrole nitrogens is 1. The fraction of sp³-hybridized carbons (Fsp3) is 0.0714. The van der Waals surface area contributed by atoms with Crippen molar-refractivity contribution >= 4 is 54.6 Å². The lowest BCUT2D eigenvalue weighted by Gasteiger charge is -2.12. The zero-order valence-corrected chi connectivity index (χ0v) is 13.9. The second kappa shape index (κ2) is 5.39. The van der Waals surface area contributed by atoms with Crippen LogP contribution in [-0.2, 0) is 0 Å². The topological polar surface area (TPSA) is 46.0 Å². The third-order valence-corrected chi connectivity index (χ3v) is 4.67. The zero-order valence-electron chi connectivity index (χ0n) is 9.99. The Kier molecular flexibility index (Phi) is 3.75. The summed E-state index contributed by atoms with van der Waals surface area (Å²) < 4.78 is 6.94. The molecule has 3 aromatic rings. The summed E-state index contributed by atoms with van der Waals surface area (Å²) in [7, 11) is 0. The van der Waals surface area contributed by atoms with Gasteiger partial charge in [0, 0.05) is 8.95 Å². The van der Waals surface area contributed by atoms with Crippen LogP contribution in [0.1, 0.15) is 16.5 Å². The van der Waals surface area contributed by atoms with Crippen molar-refractivity contribution < 1.29 is 4.42 Å². The molecule has 1 unspecified atom stereocenters. The highest BCUT2D eigenvalue weighted by Gasteiger charge is 2.16. The molecule has 0 aliphatic heterocycles. The summed E-state index contributed by atoms with van der Waals surface area (Å²) in [5.74, 6) is -0.466. The van der Waals surface area contributed by atoms with Crippen molar-refractivity contribution in [2.75, 3.05) is 0 Å². The maximum Gasteiger partial charge on any atom is 0.417 e. The summed E-state index contributed by atoms with van der Waals surface area (Å²) in [5.41, 5.74) is 2.97. The van der Waals surface area contributed by atoms with E-state index in [1.807, 2.05) is 24.3 Å². The first-order valence-electron chi connectivity index (χ1n) is 5.76. The molecule has 102 valence electrons. The largest absolute Gasteiger partial charge is 0.417 e. The van der Waals surface area contributed by atoms with Crippen LogP contribution in [0.2, 0.25) is 0 Å². The lowest BCUT2D eigenvalue weighted by molar-refractivity contribution is 0.555.